The van der Waals surface area contributed by atoms with Crippen LogP contribution in [-0.4, -0.2) is 35.0 Å². The molecule has 4 fully saturated rings. The van der Waals surface area contributed by atoms with Crippen LogP contribution in [0.3, 0.4) is 0 Å². The zero-order chi connectivity index (χ0) is 23.1. The van der Waals surface area contributed by atoms with Crippen LogP contribution in [0.1, 0.15) is 141 Å². The van der Waals surface area contributed by atoms with Gasteiger partial charge in [0.05, 0.1) is 0 Å². The van der Waals surface area contributed by atoms with E-state index < -0.39 is 0 Å². The standard InChI is InChI=1S/C28H52P2.2ClH.Pd/c1-5-15-25(16-6-1)29(26-17-7-2-8-18-26)23-13-14-24-30(27-19-9-3-10-20-27)28-21-11-4-12-22-28;;;/h25-28H,1-24H2;2*1H;/q;;;+2/p-2. The molecule has 0 radical (unpaired) electrons. The van der Waals surface area contributed by atoms with Crippen molar-refractivity contribution >= 4 is 34.9 Å². The van der Waals surface area contributed by atoms with Gasteiger partial charge in [-0.05, 0) is 99.2 Å². The summed E-state index contributed by atoms with van der Waals surface area (Å²) in [6.07, 6.45) is 38.1. The molecule has 0 heterocycles. The zero-order valence-electron chi connectivity index (χ0n) is 21.2. The molecule has 0 atom stereocenters. The van der Waals surface area contributed by atoms with E-state index in [1.54, 1.807) is 128 Å². The Labute approximate surface area is 225 Å². The first-order valence-corrected chi connectivity index (χ1v) is 22.0. The molecule has 0 amide bonds. The molecule has 0 nitrogen and oxygen atoms in total. The van der Waals surface area contributed by atoms with Crippen molar-refractivity contribution in [1.82, 2.24) is 0 Å². The van der Waals surface area contributed by atoms with E-state index in [4.69, 9.17) is 19.1 Å². The van der Waals surface area contributed by atoms with Crippen molar-refractivity contribution in [3.05, 3.63) is 0 Å². The molecule has 0 unspecified atom stereocenters. The van der Waals surface area contributed by atoms with Gasteiger partial charge in [-0.2, -0.15) is 0 Å². The van der Waals surface area contributed by atoms with Crippen molar-refractivity contribution in [3.8, 4) is 0 Å². The molecule has 33 heavy (non-hydrogen) atoms. The van der Waals surface area contributed by atoms with Gasteiger partial charge in [-0.1, -0.05) is 77.0 Å². The molecule has 4 rings (SSSR count). The Bertz CT molecular complexity index is 393. The summed E-state index contributed by atoms with van der Waals surface area (Å²) in [5, 5.41) is 0. The van der Waals surface area contributed by atoms with Gasteiger partial charge in [0.2, 0.25) is 0 Å². The van der Waals surface area contributed by atoms with Gasteiger partial charge in [-0.25, -0.2) is 0 Å². The monoisotopic (exact) mass is 626 g/mol. The summed E-state index contributed by atoms with van der Waals surface area (Å²) in [6, 6.07) is 0. The van der Waals surface area contributed by atoms with Crippen LogP contribution in [0.25, 0.3) is 0 Å². The Morgan fingerprint density at radius 2 is 0.636 bits per heavy atom. The fourth-order valence-corrected chi connectivity index (χ4v) is 15.5. The van der Waals surface area contributed by atoms with Crippen LogP contribution in [-0.2, 0) is 15.9 Å². The number of hydrogen-bond donors (Lipinski definition) is 0. The molecule has 0 N–H and O–H groups in total. The number of rotatable bonds is 9. The third-order valence-electron chi connectivity index (χ3n) is 9.26. The minimum atomic E-state index is -0.106. The quantitative estimate of drug-likeness (QED) is 0.136. The van der Waals surface area contributed by atoms with Crippen molar-refractivity contribution in [1.29, 1.82) is 0 Å². The molecule has 0 aromatic heterocycles. The Hall–Kier alpha value is 2.10. The average Bonchev–Trinajstić information content (AvgIpc) is 2.89. The van der Waals surface area contributed by atoms with Crippen LogP contribution >= 0.6 is 34.9 Å². The first-order valence-electron chi connectivity index (χ1n) is 14.7. The van der Waals surface area contributed by atoms with Crippen molar-refractivity contribution in [2.24, 2.45) is 0 Å². The molecule has 0 bridgehead atoms. The molecular formula is C28H52Cl2P2Pd. The summed E-state index contributed by atoms with van der Waals surface area (Å²) in [4.78, 5) is 0. The van der Waals surface area contributed by atoms with E-state index in [0.717, 1.165) is 0 Å². The van der Waals surface area contributed by atoms with Crippen LogP contribution < -0.4 is 0 Å². The summed E-state index contributed by atoms with van der Waals surface area (Å²) in [6.45, 7) is 0. The van der Waals surface area contributed by atoms with Gasteiger partial charge in [0.15, 0.2) is 0 Å². The molecule has 5 heteroatoms. The van der Waals surface area contributed by atoms with Crippen LogP contribution in [0, 0.1) is 0 Å². The summed E-state index contributed by atoms with van der Waals surface area (Å²) >= 11 is -0.106. The van der Waals surface area contributed by atoms with Crippen LogP contribution in [0.2, 0.25) is 0 Å². The Kier molecular flexibility index (Phi) is 16.5. The second kappa shape index (κ2) is 18.4. The molecule has 0 aromatic carbocycles. The van der Waals surface area contributed by atoms with E-state index in [1.807, 2.05) is 0 Å². The van der Waals surface area contributed by atoms with E-state index in [0.29, 0.717) is 15.8 Å². The van der Waals surface area contributed by atoms with Gasteiger partial charge < -0.3 is 0 Å². The molecule has 0 aromatic rings. The van der Waals surface area contributed by atoms with E-state index in [-0.39, 0.29) is 15.9 Å². The third kappa shape index (κ3) is 10.8. The van der Waals surface area contributed by atoms with Gasteiger partial charge in [-0.15, -0.1) is 15.8 Å². The average molecular weight is 628 g/mol. The minimum absolute atomic E-state index is 0.106. The number of halogens is 2. The van der Waals surface area contributed by atoms with Crippen LogP contribution in [0.5, 0.6) is 0 Å². The first kappa shape index (κ1) is 29.7. The molecular weight excluding hydrogens is 576 g/mol. The normalized spacial score (nSPS) is 24.8. The van der Waals surface area contributed by atoms with Gasteiger partial charge in [0, 0.05) is 0 Å². The summed E-state index contributed by atoms with van der Waals surface area (Å²) in [5.41, 5.74) is 4.70. The molecule has 4 saturated carbocycles. The fourth-order valence-electron chi connectivity index (χ4n) is 7.57. The molecule has 198 valence electrons. The SMILES string of the molecule is C1CCC(P(CCCCP(C2CCCCC2)C2CCCCC2)C2CCCCC2)CC1.[Cl][Pd][Cl]. The molecule has 0 spiro atoms. The Morgan fingerprint density at radius 1 is 0.424 bits per heavy atom. The number of hydrogen-bond acceptors (Lipinski definition) is 0. The van der Waals surface area contributed by atoms with Crippen LogP contribution in [0.4, 0.5) is 0 Å². The maximum absolute atomic E-state index is 4.81. The fraction of sp³-hybridized carbons (Fsp3) is 1.00. The molecule has 4 aliphatic carbocycles. The predicted molar refractivity (Wildman–Crippen MR) is 152 cm³/mol. The van der Waals surface area contributed by atoms with Crippen LogP contribution in [0.15, 0.2) is 0 Å². The van der Waals surface area contributed by atoms with Crippen molar-refractivity contribution in [2.45, 2.75) is 164 Å². The topological polar surface area (TPSA) is 0 Å². The summed E-state index contributed by atoms with van der Waals surface area (Å²) in [7, 11) is 10.3. The first-order chi connectivity index (χ1) is 16.3. The van der Waals surface area contributed by atoms with E-state index >= 15 is 0 Å². The van der Waals surface area contributed by atoms with Gasteiger partial charge in [0.1, 0.15) is 0 Å². The van der Waals surface area contributed by atoms with Gasteiger partial charge >= 0.3 is 35.0 Å². The van der Waals surface area contributed by atoms with E-state index in [1.165, 1.54) is 48.3 Å². The Morgan fingerprint density at radius 3 is 0.848 bits per heavy atom. The van der Waals surface area contributed by atoms with E-state index in [2.05, 4.69) is 0 Å². The Balaban J connectivity index is 0.000000968. The van der Waals surface area contributed by atoms with E-state index in [9.17, 15) is 0 Å². The van der Waals surface area contributed by atoms with Gasteiger partial charge in [0.25, 0.3) is 0 Å². The summed E-state index contributed by atoms with van der Waals surface area (Å²) in [5.74, 6) is 0. The summed E-state index contributed by atoms with van der Waals surface area (Å²) < 4.78 is 0. The van der Waals surface area contributed by atoms with Crippen molar-refractivity contribution in [2.75, 3.05) is 12.3 Å². The molecule has 0 aliphatic heterocycles. The third-order valence-corrected chi connectivity index (χ3v) is 16.7. The second-order valence-electron chi connectivity index (χ2n) is 11.4. The zero-order valence-corrected chi connectivity index (χ0v) is 26.1. The number of unbranched alkanes of at least 4 members (excludes halogenated alkanes) is 1. The molecule has 4 aliphatic rings. The maximum atomic E-state index is 4.81. The predicted octanol–water partition coefficient (Wildman–Crippen LogP) is 11.4. The van der Waals surface area contributed by atoms with Crippen molar-refractivity contribution in [3.63, 3.8) is 0 Å². The van der Waals surface area contributed by atoms with Crippen molar-refractivity contribution < 1.29 is 15.9 Å². The van der Waals surface area contributed by atoms with Gasteiger partial charge in [-0.3, -0.25) is 0 Å². The molecule has 0 saturated heterocycles. The second-order valence-corrected chi connectivity index (χ2v) is 19.6.